The van der Waals surface area contributed by atoms with E-state index in [9.17, 15) is 13.2 Å². The summed E-state index contributed by atoms with van der Waals surface area (Å²) in [5.41, 5.74) is 2.22. The number of aromatic nitrogens is 1. The van der Waals surface area contributed by atoms with Gasteiger partial charge in [-0.1, -0.05) is 11.6 Å². The molecule has 2 aromatic carbocycles. The molecule has 33 heavy (non-hydrogen) atoms. The minimum absolute atomic E-state index is 0.152. The Morgan fingerprint density at radius 2 is 1.88 bits per heavy atom. The summed E-state index contributed by atoms with van der Waals surface area (Å²) in [4.78, 5) is 19.4. The van der Waals surface area contributed by atoms with Crippen LogP contribution >= 0.6 is 11.6 Å². The molecule has 2 aliphatic rings. The molecule has 1 fully saturated rings. The predicted molar refractivity (Wildman–Crippen MR) is 127 cm³/mol. The highest BCUT2D eigenvalue weighted by molar-refractivity contribution is 7.89. The second-order valence-corrected chi connectivity index (χ2v) is 10.6. The van der Waals surface area contributed by atoms with E-state index in [0.29, 0.717) is 40.8 Å². The molecule has 0 aliphatic carbocycles. The lowest BCUT2D eigenvalue weighted by Gasteiger charge is -2.30. The number of pyridine rings is 1. The summed E-state index contributed by atoms with van der Waals surface area (Å²) in [6.45, 7) is 1.54. The first-order chi connectivity index (χ1) is 15.9. The van der Waals surface area contributed by atoms with Crippen molar-refractivity contribution >= 4 is 44.1 Å². The Balaban J connectivity index is 1.35. The lowest BCUT2D eigenvalue weighted by molar-refractivity contribution is -0.120. The lowest BCUT2D eigenvalue weighted by Crippen LogP contribution is -2.38. The van der Waals surface area contributed by atoms with E-state index < -0.39 is 10.0 Å². The third kappa shape index (κ3) is 4.18. The Labute approximate surface area is 198 Å². The number of sulfonamides is 1. The molecule has 172 valence electrons. The number of carbonyl (C=O) groups excluding carboxylic acids is 1. The van der Waals surface area contributed by atoms with Crippen LogP contribution in [0, 0.1) is 0 Å². The van der Waals surface area contributed by atoms with E-state index in [1.54, 1.807) is 51.8 Å². The Morgan fingerprint density at radius 1 is 1.06 bits per heavy atom. The van der Waals surface area contributed by atoms with Crippen molar-refractivity contribution in [1.82, 2.24) is 9.29 Å². The number of anilines is 1. The molecule has 0 saturated carbocycles. The Bertz CT molecular complexity index is 1320. The van der Waals surface area contributed by atoms with Crippen LogP contribution in [0.5, 0.6) is 5.75 Å². The van der Waals surface area contributed by atoms with E-state index >= 15 is 0 Å². The standard InChI is InChI=1S/C24H24ClN3O4S/c25-20-8-10-22(24-19(20)6-3-11-26-24)32-16-23(29)28-14-4-5-17-15-18(7-9-21(17)28)33(30,31)27-12-1-2-13-27/h3,6-11,15H,1-2,4-5,12-14,16H2. The van der Waals surface area contributed by atoms with Gasteiger partial charge in [-0.2, -0.15) is 4.31 Å². The molecule has 5 rings (SSSR count). The van der Waals surface area contributed by atoms with Crippen LogP contribution < -0.4 is 9.64 Å². The van der Waals surface area contributed by atoms with Gasteiger partial charge >= 0.3 is 0 Å². The van der Waals surface area contributed by atoms with Gasteiger partial charge in [-0.15, -0.1) is 0 Å². The number of benzene rings is 2. The fraction of sp³-hybridized carbons (Fsp3) is 0.333. The van der Waals surface area contributed by atoms with Crippen molar-refractivity contribution in [2.75, 3.05) is 31.1 Å². The van der Waals surface area contributed by atoms with Crippen molar-refractivity contribution in [3.05, 3.63) is 59.2 Å². The van der Waals surface area contributed by atoms with Crippen LogP contribution in [0.15, 0.2) is 53.6 Å². The average Bonchev–Trinajstić information content (AvgIpc) is 3.39. The first-order valence-electron chi connectivity index (χ1n) is 11.0. The van der Waals surface area contributed by atoms with E-state index in [4.69, 9.17) is 16.3 Å². The molecule has 3 heterocycles. The first kappa shape index (κ1) is 22.1. The van der Waals surface area contributed by atoms with Crippen LogP contribution in [0.25, 0.3) is 10.9 Å². The molecule has 9 heteroatoms. The zero-order valence-electron chi connectivity index (χ0n) is 18.0. The lowest BCUT2D eigenvalue weighted by atomic mass is 10.0. The number of aryl methyl sites for hydroxylation is 1. The maximum atomic E-state index is 13.1. The predicted octanol–water partition coefficient (Wildman–Crippen LogP) is 4.03. The molecule has 0 atom stereocenters. The van der Waals surface area contributed by atoms with E-state index in [0.717, 1.165) is 42.3 Å². The second kappa shape index (κ2) is 8.93. The van der Waals surface area contributed by atoms with Gasteiger partial charge in [0.05, 0.1) is 9.92 Å². The van der Waals surface area contributed by atoms with Crippen LogP contribution in [0.1, 0.15) is 24.8 Å². The molecule has 0 N–H and O–H groups in total. The number of rotatable bonds is 5. The number of hydrogen-bond donors (Lipinski definition) is 0. The average molecular weight is 486 g/mol. The fourth-order valence-electron chi connectivity index (χ4n) is 4.52. The van der Waals surface area contributed by atoms with Gasteiger partial charge in [0.2, 0.25) is 10.0 Å². The number of nitrogens with zero attached hydrogens (tertiary/aromatic N) is 3. The van der Waals surface area contributed by atoms with Crippen LogP contribution in [-0.2, 0) is 21.2 Å². The topological polar surface area (TPSA) is 79.8 Å². The third-order valence-corrected chi connectivity index (χ3v) is 8.43. The largest absolute Gasteiger partial charge is 0.481 e. The molecule has 3 aromatic rings. The number of amides is 1. The van der Waals surface area contributed by atoms with Gasteiger partial charge in [-0.05, 0) is 73.7 Å². The highest BCUT2D eigenvalue weighted by Crippen LogP contribution is 2.32. The molecule has 1 amide bonds. The summed E-state index contributed by atoms with van der Waals surface area (Å²) in [5.74, 6) is 0.303. The van der Waals surface area contributed by atoms with E-state index in [2.05, 4.69) is 4.98 Å². The molecule has 1 saturated heterocycles. The van der Waals surface area contributed by atoms with Crippen LogP contribution in [-0.4, -0.2) is 49.9 Å². The molecular formula is C24H24ClN3O4S. The van der Waals surface area contributed by atoms with Gasteiger partial charge in [0, 0.05) is 36.9 Å². The Kier molecular flexibility index (Phi) is 5.99. The van der Waals surface area contributed by atoms with E-state index in [1.165, 1.54) is 0 Å². The third-order valence-electron chi connectivity index (χ3n) is 6.20. The minimum atomic E-state index is -3.49. The van der Waals surface area contributed by atoms with Gasteiger partial charge in [-0.25, -0.2) is 8.42 Å². The Hall–Kier alpha value is -2.68. The summed E-state index contributed by atoms with van der Waals surface area (Å²) in [5, 5.41) is 1.33. The van der Waals surface area contributed by atoms with Gasteiger partial charge in [0.25, 0.3) is 5.91 Å². The van der Waals surface area contributed by atoms with Crippen molar-refractivity contribution in [3.63, 3.8) is 0 Å². The molecule has 0 unspecified atom stereocenters. The SMILES string of the molecule is O=C(COc1ccc(Cl)c2cccnc12)N1CCCc2cc(S(=O)(=O)N3CCCC3)ccc21. The summed E-state index contributed by atoms with van der Waals surface area (Å²) >= 11 is 6.24. The molecule has 0 radical (unpaired) electrons. The zero-order valence-corrected chi connectivity index (χ0v) is 19.6. The van der Waals surface area contributed by atoms with Gasteiger partial charge < -0.3 is 9.64 Å². The van der Waals surface area contributed by atoms with Crippen molar-refractivity contribution < 1.29 is 17.9 Å². The summed E-state index contributed by atoms with van der Waals surface area (Å²) in [7, 11) is -3.49. The van der Waals surface area contributed by atoms with Crippen molar-refractivity contribution in [2.45, 2.75) is 30.6 Å². The van der Waals surface area contributed by atoms with Crippen molar-refractivity contribution in [3.8, 4) is 5.75 Å². The van der Waals surface area contributed by atoms with Crippen molar-refractivity contribution in [2.24, 2.45) is 0 Å². The number of hydrogen-bond acceptors (Lipinski definition) is 5. The molecule has 1 aromatic heterocycles. The quantitative estimate of drug-likeness (QED) is 0.545. The monoisotopic (exact) mass is 485 g/mol. The Morgan fingerprint density at radius 3 is 2.70 bits per heavy atom. The summed E-state index contributed by atoms with van der Waals surface area (Å²) < 4.78 is 33.2. The fourth-order valence-corrected chi connectivity index (χ4v) is 6.30. The highest BCUT2D eigenvalue weighted by Gasteiger charge is 2.30. The smallest absolute Gasteiger partial charge is 0.264 e. The van der Waals surface area contributed by atoms with Gasteiger partial charge in [0.1, 0.15) is 11.3 Å². The molecule has 2 aliphatic heterocycles. The number of carbonyl (C=O) groups is 1. The van der Waals surface area contributed by atoms with Crippen molar-refractivity contribution in [1.29, 1.82) is 0 Å². The molecule has 7 nitrogen and oxygen atoms in total. The summed E-state index contributed by atoms with van der Waals surface area (Å²) in [6, 6.07) is 12.2. The van der Waals surface area contributed by atoms with Crippen LogP contribution in [0.4, 0.5) is 5.69 Å². The first-order valence-corrected chi connectivity index (χ1v) is 12.9. The number of ether oxygens (including phenoxy) is 1. The molecular weight excluding hydrogens is 462 g/mol. The molecule has 0 bridgehead atoms. The second-order valence-electron chi connectivity index (χ2n) is 8.28. The minimum Gasteiger partial charge on any atom is -0.481 e. The van der Waals surface area contributed by atoms with Crippen LogP contribution in [0.2, 0.25) is 5.02 Å². The van der Waals surface area contributed by atoms with Crippen LogP contribution in [0.3, 0.4) is 0 Å². The highest BCUT2D eigenvalue weighted by atomic mass is 35.5. The van der Waals surface area contributed by atoms with Gasteiger partial charge in [0.15, 0.2) is 6.61 Å². The van der Waals surface area contributed by atoms with Gasteiger partial charge in [-0.3, -0.25) is 9.78 Å². The maximum Gasteiger partial charge on any atom is 0.264 e. The molecule has 0 spiro atoms. The van der Waals surface area contributed by atoms with E-state index in [1.807, 2.05) is 6.07 Å². The maximum absolute atomic E-state index is 13.1. The normalized spacial score (nSPS) is 16.7. The number of halogens is 1. The number of fused-ring (bicyclic) bond motifs is 2. The zero-order chi connectivity index (χ0) is 23.0. The van der Waals surface area contributed by atoms with E-state index in [-0.39, 0.29) is 12.5 Å². The summed E-state index contributed by atoms with van der Waals surface area (Å²) in [6.07, 6.45) is 4.93.